The summed E-state index contributed by atoms with van der Waals surface area (Å²) in [4.78, 5) is 11.0. The van der Waals surface area contributed by atoms with Gasteiger partial charge in [0.25, 0.3) is 5.79 Å². The van der Waals surface area contributed by atoms with Gasteiger partial charge in [-0.1, -0.05) is 23.7 Å². The van der Waals surface area contributed by atoms with Gasteiger partial charge in [-0.3, -0.25) is 10.00 Å². The van der Waals surface area contributed by atoms with Crippen LogP contribution in [0.2, 0.25) is 5.02 Å². The number of rotatable bonds is 7. The highest BCUT2D eigenvalue weighted by Gasteiger charge is 2.42. The number of nitrogens with zero attached hydrogens (tertiary/aromatic N) is 5. The summed E-state index contributed by atoms with van der Waals surface area (Å²) in [7, 11) is 0. The summed E-state index contributed by atoms with van der Waals surface area (Å²) >= 11 is 6.38. The highest BCUT2D eigenvalue weighted by molar-refractivity contribution is 6.31. The first-order valence-electron chi connectivity index (χ1n) is 15.8. The summed E-state index contributed by atoms with van der Waals surface area (Å²) in [5.41, 5.74) is 3.61. The van der Waals surface area contributed by atoms with Crippen LogP contribution in [0.3, 0.4) is 0 Å². The van der Waals surface area contributed by atoms with Crippen LogP contribution in [0, 0.1) is 5.82 Å². The molecule has 0 amide bonds. The van der Waals surface area contributed by atoms with Crippen molar-refractivity contribution in [2.24, 2.45) is 0 Å². The minimum absolute atomic E-state index is 0.0346. The van der Waals surface area contributed by atoms with Crippen LogP contribution in [0.15, 0.2) is 54.6 Å². The SMILES string of the molecule is CC1(c2ccc(F)cc2Cl)Oc2cccc(C3CCN(Cc4nc5cc(-c6n[nH]c(C(F)(F)F)n6)ccc5n4C[C@@H]4CCO4)CC3)c2O1. The molecule has 8 rings (SSSR count). The van der Waals surface area contributed by atoms with E-state index in [-0.39, 0.29) is 22.9 Å². The number of nitrogens with one attached hydrogen (secondary N) is 1. The molecule has 3 aromatic carbocycles. The number of hydrogen-bond acceptors (Lipinski definition) is 7. The molecule has 0 aliphatic carbocycles. The smallest absolute Gasteiger partial charge is 0.444 e. The van der Waals surface area contributed by atoms with E-state index in [9.17, 15) is 17.6 Å². The second-order valence-corrected chi connectivity index (χ2v) is 13.0. The van der Waals surface area contributed by atoms with Gasteiger partial charge in [0, 0.05) is 24.7 Å². The van der Waals surface area contributed by atoms with Crippen molar-refractivity contribution in [3.8, 4) is 22.9 Å². The number of likely N-dealkylation sites (tertiary alicyclic amines) is 1. The van der Waals surface area contributed by atoms with Crippen molar-refractivity contribution >= 4 is 22.6 Å². The van der Waals surface area contributed by atoms with Crippen LogP contribution in [-0.2, 0) is 29.8 Å². The third-order valence-corrected chi connectivity index (χ3v) is 9.76. The molecule has 48 heavy (non-hydrogen) atoms. The van der Waals surface area contributed by atoms with Gasteiger partial charge in [-0.05, 0) is 80.7 Å². The molecule has 0 radical (unpaired) electrons. The highest BCUT2D eigenvalue weighted by Crippen LogP contribution is 2.50. The standard InChI is InChI=1S/C34H31ClF4N6O3/c1-33(24-7-6-21(36)16-25(24)35)47-28-4-2-3-23(30(28)48-33)19-9-12-44(13-10-19)18-29-40-26-15-20(31-41-32(43-42-31)34(37,38)39)5-8-27(26)45(29)17-22-11-14-46-22/h2-8,15-16,19,22H,9-14,17-18H2,1H3,(H,41,42,43)/t22-,33?/m0/s1. The fourth-order valence-corrected chi connectivity index (χ4v) is 7.17. The molecular formula is C34H31ClF4N6O3. The van der Waals surface area contributed by atoms with Crippen molar-refractivity contribution < 1.29 is 31.8 Å². The monoisotopic (exact) mass is 682 g/mol. The zero-order chi connectivity index (χ0) is 33.2. The zero-order valence-corrected chi connectivity index (χ0v) is 26.6. The van der Waals surface area contributed by atoms with Crippen LogP contribution in [0.4, 0.5) is 17.6 Å². The summed E-state index contributed by atoms with van der Waals surface area (Å²) in [6, 6.07) is 15.4. The second kappa shape index (κ2) is 11.7. The summed E-state index contributed by atoms with van der Waals surface area (Å²) in [5.74, 6) is -0.366. The van der Waals surface area contributed by atoms with Gasteiger partial charge in [0.2, 0.25) is 5.82 Å². The molecule has 1 N–H and O–H groups in total. The molecule has 3 aliphatic heterocycles. The van der Waals surface area contributed by atoms with E-state index in [1.165, 1.54) is 12.1 Å². The average molecular weight is 683 g/mol. The second-order valence-electron chi connectivity index (χ2n) is 12.6. The van der Waals surface area contributed by atoms with Crippen molar-refractivity contribution in [3.05, 3.63) is 88.2 Å². The predicted octanol–water partition coefficient (Wildman–Crippen LogP) is 7.45. The van der Waals surface area contributed by atoms with Crippen molar-refractivity contribution in [3.63, 3.8) is 0 Å². The van der Waals surface area contributed by atoms with Gasteiger partial charge >= 0.3 is 6.18 Å². The van der Waals surface area contributed by atoms with Crippen molar-refractivity contribution in [2.45, 2.75) is 63.3 Å². The van der Waals surface area contributed by atoms with E-state index in [1.54, 1.807) is 25.1 Å². The maximum atomic E-state index is 13.7. The molecule has 2 saturated heterocycles. The van der Waals surface area contributed by atoms with Gasteiger partial charge in [-0.15, -0.1) is 0 Å². The lowest BCUT2D eigenvalue weighted by atomic mass is 9.88. The number of halogens is 5. The van der Waals surface area contributed by atoms with Gasteiger partial charge in [-0.2, -0.15) is 18.3 Å². The number of fused-ring (bicyclic) bond motifs is 2. The molecule has 9 nitrogen and oxygen atoms in total. The first-order valence-corrected chi connectivity index (χ1v) is 16.2. The molecule has 14 heteroatoms. The third-order valence-electron chi connectivity index (χ3n) is 9.44. The Morgan fingerprint density at radius 2 is 1.83 bits per heavy atom. The van der Waals surface area contributed by atoms with E-state index in [1.807, 2.05) is 23.3 Å². The zero-order valence-electron chi connectivity index (χ0n) is 25.9. The van der Waals surface area contributed by atoms with E-state index in [4.69, 9.17) is 30.8 Å². The number of benzene rings is 3. The van der Waals surface area contributed by atoms with Gasteiger partial charge in [0.1, 0.15) is 11.6 Å². The van der Waals surface area contributed by atoms with E-state index in [0.717, 1.165) is 55.9 Å². The van der Waals surface area contributed by atoms with Crippen LogP contribution in [0.5, 0.6) is 11.5 Å². The normalized spacial score (nSPS) is 21.6. The van der Waals surface area contributed by atoms with E-state index in [0.29, 0.717) is 41.2 Å². The lowest BCUT2D eigenvalue weighted by Gasteiger charge is -2.33. The van der Waals surface area contributed by atoms with Crippen molar-refractivity contribution in [1.82, 2.24) is 29.6 Å². The maximum Gasteiger partial charge on any atom is 0.451 e. The summed E-state index contributed by atoms with van der Waals surface area (Å²) < 4.78 is 73.7. The quantitative estimate of drug-likeness (QED) is 0.179. The molecule has 0 saturated carbocycles. The molecule has 250 valence electrons. The van der Waals surface area contributed by atoms with Gasteiger partial charge in [-0.25, -0.2) is 14.4 Å². The minimum Gasteiger partial charge on any atom is -0.444 e. The first kappa shape index (κ1) is 31.1. The average Bonchev–Trinajstić information content (AvgIpc) is 3.74. The summed E-state index contributed by atoms with van der Waals surface area (Å²) in [6.07, 6.45) is -1.79. The Labute approximate surface area is 277 Å². The molecule has 2 fully saturated rings. The lowest BCUT2D eigenvalue weighted by molar-refractivity contribution is -0.144. The highest BCUT2D eigenvalue weighted by atomic mass is 35.5. The Morgan fingerprint density at radius 3 is 2.54 bits per heavy atom. The molecule has 2 atom stereocenters. The Hall–Kier alpha value is -4.20. The fourth-order valence-electron chi connectivity index (χ4n) is 6.83. The van der Waals surface area contributed by atoms with Crippen LogP contribution >= 0.6 is 11.6 Å². The van der Waals surface area contributed by atoms with Crippen LogP contribution in [0.1, 0.15) is 54.9 Å². The number of aromatic nitrogens is 5. The first-order chi connectivity index (χ1) is 23.0. The molecule has 5 aromatic rings. The number of imidazole rings is 1. The number of aromatic amines is 1. The topological polar surface area (TPSA) is 90.3 Å². The molecule has 2 aromatic heterocycles. The van der Waals surface area contributed by atoms with Gasteiger partial charge in [0.15, 0.2) is 17.3 Å². The predicted molar refractivity (Wildman–Crippen MR) is 168 cm³/mol. The molecule has 1 unspecified atom stereocenters. The minimum atomic E-state index is -4.61. The van der Waals surface area contributed by atoms with Crippen LogP contribution in [-0.4, -0.2) is 55.4 Å². The molecule has 0 bridgehead atoms. The fraction of sp³-hybridized carbons (Fsp3) is 0.382. The van der Waals surface area contributed by atoms with E-state index in [2.05, 4.69) is 25.6 Å². The number of ether oxygens (including phenoxy) is 3. The largest absolute Gasteiger partial charge is 0.451 e. The molecular weight excluding hydrogens is 652 g/mol. The Bertz CT molecular complexity index is 2000. The van der Waals surface area contributed by atoms with E-state index >= 15 is 0 Å². The number of H-pyrrole nitrogens is 1. The third kappa shape index (κ3) is 5.67. The summed E-state index contributed by atoms with van der Waals surface area (Å²) in [5, 5.41) is 6.00. The number of para-hydroxylation sites is 1. The maximum absolute atomic E-state index is 13.7. The van der Waals surface area contributed by atoms with Gasteiger partial charge < -0.3 is 18.8 Å². The molecule has 5 heterocycles. The van der Waals surface area contributed by atoms with Crippen molar-refractivity contribution in [1.29, 1.82) is 0 Å². The van der Waals surface area contributed by atoms with Crippen LogP contribution < -0.4 is 9.47 Å². The lowest BCUT2D eigenvalue weighted by Crippen LogP contribution is -2.35. The van der Waals surface area contributed by atoms with Crippen molar-refractivity contribution in [2.75, 3.05) is 19.7 Å². The summed E-state index contributed by atoms with van der Waals surface area (Å²) in [6.45, 7) is 5.41. The molecule has 0 spiro atoms. The number of piperidine rings is 1. The van der Waals surface area contributed by atoms with Gasteiger partial charge in [0.05, 0.1) is 40.8 Å². The number of alkyl halides is 3. The van der Waals surface area contributed by atoms with E-state index < -0.39 is 23.6 Å². The Balaban J connectivity index is 0.998. The molecule has 3 aliphatic rings. The Kier molecular flexibility index (Phi) is 7.61. The van der Waals surface area contributed by atoms with Crippen LogP contribution in [0.25, 0.3) is 22.4 Å². The number of hydrogen-bond donors (Lipinski definition) is 1. The Morgan fingerprint density at radius 1 is 1.02 bits per heavy atom.